The molecule has 0 radical (unpaired) electrons. The lowest BCUT2D eigenvalue weighted by Gasteiger charge is -2.08. The molecule has 11 nitrogen and oxygen atoms in total. The predicted molar refractivity (Wildman–Crippen MR) is 133 cm³/mol. The number of nitrogens with zero attached hydrogens (tertiary/aromatic N) is 7. The van der Waals surface area contributed by atoms with E-state index in [9.17, 15) is 4.79 Å². The Balaban J connectivity index is 1.32. The largest absolute Gasteiger partial charge is 0.334 e. The number of imidazole rings is 2. The van der Waals surface area contributed by atoms with Crippen molar-refractivity contribution in [3.63, 3.8) is 0 Å². The number of nitrogens with one attached hydrogen (secondary N) is 3. The van der Waals surface area contributed by atoms with Gasteiger partial charge in [-0.1, -0.05) is 0 Å². The van der Waals surface area contributed by atoms with Gasteiger partial charge in [-0.05, 0) is 31.9 Å². The van der Waals surface area contributed by atoms with Gasteiger partial charge in [0.2, 0.25) is 5.91 Å². The average Bonchev–Trinajstić information content (AvgIpc) is 3.29. The van der Waals surface area contributed by atoms with Gasteiger partial charge in [0.1, 0.15) is 17.0 Å². The number of aryl methyl sites for hydroxylation is 1. The van der Waals surface area contributed by atoms with E-state index in [1.807, 2.05) is 23.8 Å². The third-order valence-corrected chi connectivity index (χ3v) is 6.38. The van der Waals surface area contributed by atoms with Crippen LogP contribution < -0.4 is 5.32 Å². The number of aromatic nitrogens is 9. The van der Waals surface area contributed by atoms with Gasteiger partial charge in [-0.3, -0.25) is 14.9 Å². The molecule has 0 bridgehead atoms. The molecule has 6 aromatic rings. The molecule has 0 atom stereocenters. The first kappa shape index (κ1) is 21.3. The molecule has 0 unspecified atom stereocenters. The highest BCUT2D eigenvalue weighted by Crippen LogP contribution is 2.34. The summed E-state index contributed by atoms with van der Waals surface area (Å²) in [7, 11) is 0. The number of carbonyl (C=O) groups is 1. The second-order valence-electron chi connectivity index (χ2n) is 9.05. The lowest BCUT2D eigenvalue weighted by molar-refractivity contribution is -0.117. The van der Waals surface area contributed by atoms with Crippen molar-refractivity contribution in [2.75, 3.05) is 5.32 Å². The molecule has 182 valence electrons. The van der Waals surface area contributed by atoms with Crippen molar-refractivity contribution in [1.29, 1.82) is 0 Å². The van der Waals surface area contributed by atoms with E-state index < -0.39 is 5.82 Å². The highest BCUT2D eigenvalue weighted by atomic mass is 19.1. The normalized spacial score (nSPS) is 13.5. The van der Waals surface area contributed by atoms with Gasteiger partial charge < -0.3 is 14.9 Å². The fraction of sp³-hybridized carbons (Fsp3) is 0.160. The molecule has 1 aliphatic rings. The fourth-order valence-electron chi connectivity index (χ4n) is 4.35. The molecule has 0 spiro atoms. The number of carbonyl (C=O) groups excluding carboxylic acids is 1. The predicted octanol–water partition coefficient (Wildman–Crippen LogP) is 3.94. The number of hydrogen-bond acceptors (Lipinski definition) is 7. The van der Waals surface area contributed by atoms with Crippen LogP contribution in [0, 0.1) is 18.7 Å². The molecule has 6 aromatic heterocycles. The molecule has 1 fully saturated rings. The lowest BCUT2D eigenvalue weighted by Crippen LogP contribution is -2.13. The second kappa shape index (κ2) is 8.01. The minimum atomic E-state index is -0.528. The molecule has 0 saturated heterocycles. The first-order valence-electron chi connectivity index (χ1n) is 11.7. The first-order chi connectivity index (χ1) is 18.0. The Bertz CT molecular complexity index is 1830. The van der Waals surface area contributed by atoms with Crippen LogP contribution in [0.15, 0.2) is 49.4 Å². The second-order valence-corrected chi connectivity index (χ2v) is 9.05. The van der Waals surface area contributed by atoms with E-state index in [2.05, 4.69) is 45.4 Å². The van der Waals surface area contributed by atoms with E-state index in [1.165, 1.54) is 18.6 Å². The Kier molecular flexibility index (Phi) is 4.61. The Labute approximate surface area is 208 Å². The van der Waals surface area contributed by atoms with Crippen LogP contribution >= 0.6 is 0 Å². The highest BCUT2D eigenvalue weighted by Gasteiger charge is 2.29. The summed E-state index contributed by atoms with van der Waals surface area (Å²) >= 11 is 0. The standard InChI is InChI=1S/C25H19FN10O/c1-12-10-36(11-30-12)17-4-5-28-23-20(17)32-24(33-23)21-18-19(26)16(9-29-22(18)35-34-21)14-6-15(8-27-7-14)31-25(37)13-2-3-13/h4-11,13H,2-3H2,1H3,(H,31,37)(H,28,32,33)(H,29,34,35). The minimum Gasteiger partial charge on any atom is -0.334 e. The maximum absolute atomic E-state index is 16.0. The molecule has 1 aliphatic carbocycles. The zero-order valence-electron chi connectivity index (χ0n) is 19.5. The van der Waals surface area contributed by atoms with Crippen molar-refractivity contribution in [3.8, 4) is 28.3 Å². The molecule has 3 N–H and O–H groups in total. The van der Waals surface area contributed by atoms with Crippen molar-refractivity contribution in [1.82, 2.24) is 44.7 Å². The molecule has 6 heterocycles. The van der Waals surface area contributed by atoms with Gasteiger partial charge in [0.15, 0.2) is 17.1 Å². The number of halogens is 1. The van der Waals surface area contributed by atoms with E-state index in [4.69, 9.17) is 0 Å². The molecule has 1 amide bonds. The fourth-order valence-corrected chi connectivity index (χ4v) is 4.35. The van der Waals surface area contributed by atoms with Gasteiger partial charge >= 0.3 is 0 Å². The molecule has 1 saturated carbocycles. The third-order valence-electron chi connectivity index (χ3n) is 6.38. The summed E-state index contributed by atoms with van der Waals surface area (Å²) < 4.78 is 17.9. The highest BCUT2D eigenvalue weighted by molar-refractivity contribution is 5.96. The summed E-state index contributed by atoms with van der Waals surface area (Å²) in [5.41, 5.74) is 4.59. The Morgan fingerprint density at radius 3 is 2.86 bits per heavy atom. The number of anilines is 1. The molecule has 12 heteroatoms. The third kappa shape index (κ3) is 3.61. The van der Waals surface area contributed by atoms with Crippen LogP contribution in [-0.2, 0) is 4.79 Å². The van der Waals surface area contributed by atoms with E-state index in [0.29, 0.717) is 33.9 Å². The summed E-state index contributed by atoms with van der Waals surface area (Å²) in [5, 5.41) is 10.1. The van der Waals surface area contributed by atoms with E-state index in [-0.39, 0.29) is 28.4 Å². The number of rotatable bonds is 5. The maximum Gasteiger partial charge on any atom is 0.227 e. The number of pyridine rings is 3. The van der Waals surface area contributed by atoms with E-state index >= 15 is 4.39 Å². The van der Waals surface area contributed by atoms with Crippen molar-refractivity contribution < 1.29 is 9.18 Å². The van der Waals surface area contributed by atoms with Gasteiger partial charge in [0, 0.05) is 41.8 Å². The van der Waals surface area contributed by atoms with E-state index in [1.54, 1.807) is 18.6 Å². The Morgan fingerprint density at radius 2 is 2.05 bits per heavy atom. The van der Waals surface area contributed by atoms with Crippen LogP contribution in [-0.4, -0.2) is 50.6 Å². The molecule has 0 aromatic carbocycles. The summed E-state index contributed by atoms with van der Waals surface area (Å²) in [6.07, 6.45) is 11.5. The Hall–Kier alpha value is -5.00. The van der Waals surface area contributed by atoms with Gasteiger partial charge in [-0.15, -0.1) is 0 Å². The molecular formula is C25H19FN10O. The van der Waals surface area contributed by atoms with Gasteiger partial charge in [0.05, 0.1) is 35.0 Å². The van der Waals surface area contributed by atoms with Crippen LogP contribution in [0.5, 0.6) is 0 Å². The molecule has 37 heavy (non-hydrogen) atoms. The van der Waals surface area contributed by atoms with Crippen molar-refractivity contribution in [3.05, 3.63) is 61.0 Å². The van der Waals surface area contributed by atoms with Crippen molar-refractivity contribution in [2.45, 2.75) is 19.8 Å². The van der Waals surface area contributed by atoms with Crippen molar-refractivity contribution >= 4 is 33.8 Å². The quantitative estimate of drug-likeness (QED) is 0.329. The molecular weight excluding hydrogens is 475 g/mol. The summed E-state index contributed by atoms with van der Waals surface area (Å²) in [6, 6.07) is 3.53. The minimum absolute atomic E-state index is 0.0449. The zero-order chi connectivity index (χ0) is 25.1. The number of H-pyrrole nitrogens is 2. The van der Waals surface area contributed by atoms with Gasteiger partial charge in [-0.2, -0.15) is 5.10 Å². The van der Waals surface area contributed by atoms with Crippen LogP contribution in [0.25, 0.3) is 50.5 Å². The number of hydrogen-bond donors (Lipinski definition) is 3. The van der Waals surface area contributed by atoms with Crippen molar-refractivity contribution in [2.24, 2.45) is 5.92 Å². The molecule has 0 aliphatic heterocycles. The first-order valence-corrected chi connectivity index (χ1v) is 11.7. The van der Waals surface area contributed by atoms with Gasteiger partial charge in [0.25, 0.3) is 0 Å². The summed E-state index contributed by atoms with van der Waals surface area (Å²) in [5.74, 6) is -0.159. The van der Waals surface area contributed by atoms with Gasteiger partial charge in [-0.25, -0.2) is 24.3 Å². The number of aromatic amines is 2. The van der Waals surface area contributed by atoms with Crippen LogP contribution in [0.1, 0.15) is 18.5 Å². The lowest BCUT2D eigenvalue weighted by atomic mass is 10.1. The average molecular weight is 494 g/mol. The van der Waals surface area contributed by atoms with Crippen LogP contribution in [0.2, 0.25) is 0 Å². The van der Waals surface area contributed by atoms with Crippen LogP contribution in [0.4, 0.5) is 10.1 Å². The SMILES string of the molecule is Cc1cn(-c2ccnc3nc(-c4[nH]nc5ncc(-c6cncc(NC(=O)C7CC7)c6)c(F)c45)[nH]c23)cn1. The van der Waals surface area contributed by atoms with E-state index in [0.717, 1.165) is 24.2 Å². The smallest absolute Gasteiger partial charge is 0.227 e. The van der Waals surface area contributed by atoms with Crippen LogP contribution in [0.3, 0.4) is 0 Å². The zero-order valence-corrected chi connectivity index (χ0v) is 19.5. The topological polar surface area (TPSA) is 143 Å². The summed E-state index contributed by atoms with van der Waals surface area (Å²) in [4.78, 5) is 37.2. The number of fused-ring (bicyclic) bond motifs is 2. The monoisotopic (exact) mass is 494 g/mol. The Morgan fingerprint density at radius 1 is 1.16 bits per heavy atom. The summed E-state index contributed by atoms with van der Waals surface area (Å²) in [6.45, 7) is 1.91. The maximum atomic E-state index is 16.0. The molecule has 7 rings (SSSR count). The number of amides is 1.